The predicted molar refractivity (Wildman–Crippen MR) is 120 cm³/mol. The van der Waals surface area contributed by atoms with Gasteiger partial charge in [0, 0.05) is 12.1 Å². The van der Waals surface area contributed by atoms with Crippen LogP contribution in [0, 0.1) is 21.7 Å². The average molecular weight is 508 g/mol. The smallest absolute Gasteiger partial charge is 0.338 e. The minimum absolute atomic E-state index is 0.0269. The Kier molecular flexibility index (Phi) is 6.36. The summed E-state index contributed by atoms with van der Waals surface area (Å²) in [6.45, 7) is 1.73. The van der Waals surface area contributed by atoms with Crippen LogP contribution in [0.4, 0.5) is 14.5 Å². The Bertz CT molecular complexity index is 1440. The number of aromatic nitrogens is 2. The van der Waals surface area contributed by atoms with Crippen LogP contribution < -0.4 is 4.74 Å². The number of nitrogens with zero attached hydrogens (tertiary/aromatic N) is 3. The number of para-hydroxylation sites is 1. The molecule has 0 fully saturated rings. The van der Waals surface area contributed by atoms with E-state index in [-0.39, 0.29) is 56.1 Å². The molecule has 8 nitrogen and oxygen atoms in total. The fraction of sp³-hybridized carbons (Fsp3) is 0.0909. The number of benzene rings is 3. The average Bonchev–Trinajstić information content (AvgIpc) is 3.15. The zero-order valence-corrected chi connectivity index (χ0v) is 18.7. The van der Waals surface area contributed by atoms with Crippen molar-refractivity contribution < 1.29 is 28.0 Å². The number of non-ortho nitro benzene ring substituents is 1. The highest BCUT2D eigenvalue weighted by molar-refractivity contribution is 6.37. The number of nitro benzene ring substituents is 1. The lowest BCUT2D eigenvalue weighted by molar-refractivity contribution is -0.384. The molecule has 0 N–H and O–H groups in total. The molecule has 1 heterocycles. The summed E-state index contributed by atoms with van der Waals surface area (Å²) in [6.07, 6.45) is 0. The molecular formula is C22H13Cl2F2N3O5. The number of hydrogen-bond donors (Lipinski definition) is 0. The normalized spacial score (nSPS) is 11.0. The lowest BCUT2D eigenvalue weighted by atomic mass is 10.2. The van der Waals surface area contributed by atoms with Crippen molar-refractivity contribution in [3.8, 4) is 17.3 Å². The lowest BCUT2D eigenvalue weighted by Crippen LogP contribution is -2.07. The monoisotopic (exact) mass is 507 g/mol. The van der Waals surface area contributed by atoms with Gasteiger partial charge in [-0.15, -0.1) is 5.10 Å². The van der Waals surface area contributed by atoms with Gasteiger partial charge in [0.2, 0.25) is 5.88 Å². The molecular weight excluding hydrogens is 495 g/mol. The Morgan fingerprint density at radius 1 is 1.12 bits per heavy atom. The van der Waals surface area contributed by atoms with E-state index in [0.29, 0.717) is 0 Å². The Labute approximate surface area is 200 Å². The van der Waals surface area contributed by atoms with Gasteiger partial charge in [-0.3, -0.25) is 10.1 Å². The van der Waals surface area contributed by atoms with Gasteiger partial charge in [0.25, 0.3) is 5.69 Å². The molecule has 0 radical (unpaired) electrons. The number of carbonyl (C=O) groups is 1. The molecule has 0 unspecified atom stereocenters. The summed E-state index contributed by atoms with van der Waals surface area (Å²) in [4.78, 5) is 22.2. The van der Waals surface area contributed by atoms with Crippen molar-refractivity contribution in [2.45, 2.75) is 6.92 Å². The van der Waals surface area contributed by atoms with Gasteiger partial charge < -0.3 is 9.47 Å². The maximum Gasteiger partial charge on any atom is 0.338 e. The maximum atomic E-state index is 14.9. The highest BCUT2D eigenvalue weighted by Gasteiger charge is 2.23. The van der Waals surface area contributed by atoms with E-state index in [2.05, 4.69) is 5.10 Å². The number of nitro groups is 1. The third kappa shape index (κ3) is 4.25. The highest BCUT2D eigenvalue weighted by Crippen LogP contribution is 2.41. The molecule has 0 spiro atoms. The first-order valence-electron chi connectivity index (χ1n) is 9.66. The van der Waals surface area contributed by atoms with Gasteiger partial charge in [-0.25, -0.2) is 18.3 Å². The zero-order chi connectivity index (χ0) is 24.6. The van der Waals surface area contributed by atoms with Gasteiger partial charge in [0.1, 0.15) is 22.8 Å². The summed E-state index contributed by atoms with van der Waals surface area (Å²) < 4.78 is 41.3. The first-order valence-corrected chi connectivity index (χ1v) is 10.4. The summed E-state index contributed by atoms with van der Waals surface area (Å²) in [5.41, 5.74) is -0.665. The second-order valence-electron chi connectivity index (χ2n) is 6.84. The molecule has 174 valence electrons. The van der Waals surface area contributed by atoms with E-state index in [1.54, 1.807) is 6.92 Å². The SMILES string of the molecule is CCOC(=O)c1ccc(-n2nc(Oc3c(Cl)cc([N+](=O)[O-])cc3Cl)c3cccc(F)c32)c(F)c1. The number of halogens is 4. The van der Waals surface area contributed by atoms with Gasteiger partial charge in [-0.1, -0.05) is 29.3 Å². The van der Waals surface area contributed by atoms with Crippen LogP contribution >= 0.6 is 23.2 Å². The summed E-state index contributed by atoms with van der Waals surface area (Å²) in [7, 11) is 0. The molecule has 0 aliphatic heterocycles. The van der Waals surface area contributed by atoms with E-state index >= 15 is 0 Å². The minimum Gasteiger partial charge on any atom is -0.462 e. The fourth-order valence-corrected chi connectivity index (χ4v) is 3.77. The van der Waals surface area contributed by atoms with Crippen molar-refractivity contribution in [2.75, 3.05) is 6.61 Å². The molecule has 12 heteroatoms. The molecule has 0 bridgehead atoms. The molecule has 3 aromatic carbocycles. The first kappa shape index (κ1) is 23.4. The molecule has 0 saturated carbocycles. The summed E-state index contributed by atoms with van der Waals surface area (Å²) in [5, 5.41) is 15.0. The predicted octanol–water partition coefficient (Wildman–Crippen LogP) is 6.49. The van der Waals surface area contributed by atoms with Gasteiger partial charge >= 0.3 is 5.97 Å². The molecule has 0 atom stereocenters. The van der Waals surface area contributed by atoms with E-state index < -0.39 is 22.5 Å². The molecule has 4 aromatic rings. The number of rotatable bonds is 6. The molecule has 1 aromatic heterocycles. The van der Waals surface area contributed by atoms with Crippen molar-refractivity contribution in [3.05, 3.63) is 85.9 Å². The van der Waals surface area contributed by atoms with E-state index in [9.17, 15) is 23.7 Å². The van der Waals surface area contributed by atoms with Crippen molar-refractivity contribution in [1.82, 2.24) is 9.78 Å². The van der Waals surface area contributed by atoms with Crippen LogP contribution in [0.5, 0.6) is 11.6 Å². The second-order valence-corrected chi connectivity index (χ2v) is 7.65. The summed E-state index contributed by atoms with van der Waals surface area (Å²) in [6, 6.07) is 9.62. The molecule has 0 saturated heterocycles. The molecule has 0 aliphatic carbocycles. The molecule has 34 heavy (non-hydrogen) atoms. The first-order chi connectivity index (χ1) is 16.2. The van der Waals surface area contributed by atoms with Crippen LogP contribution in [0.2, 0.25) is 10.0 Å². The van der Waals surface area contributed by atoms with Crippen molar-refractivity contribution in [2.24, 2.45) is 0 Å². The number of fused-ring (bicyclic) bond motifs is 1. The number of ether oxygens (including phenoxy) is 2. The van der Waals surface area contributed by atoms with Crippen molar-refractivity contribution >= 4 is 45.8 Å². The third-order valence-corrected chi connectivity index (χ3v) is 5.26. The summed E-state index contributed by atoms with van der Waals surface area (Å²) in [5.74, 6) is -2.63. The number of esters is 1. The largest absolute Gasteiger partial charge is 0.462 e. The zero-order valence-electron chi connectivity index (χ0n) is 17.2. The van der Waals surface area contributed by atoms with Gasteiger partial charge in [-0.05, 0) is 37.3 Å². The van der Waals surface area contributed by atoms with E-state index in [1.807, 2.05) is 0 Å². The second kappa shape index (κ2) is 9.24. The Hall–Kier alpha value is -3.76. The number of hydrogen-bond acceptors (Lipinski definition) is 6. The number of carbonyl (C=O) groups excluding carboxylic acids is 1. The van der Waals surface area contributed by atoms with Crippen molar-refractivity contribution in [3.63, 3.8) is 0 Å². The summed E-state index contributed by atoms with van der Waals surface area (Å²) >= 11 is 12.2. The van der Waals surface area contributed by atoms with Crippen LogP contribution in [-0.4, -0.2) is 27.3 Å². The van der Waals surface area contributed by atoms with Crippen LogP contribution in [-0.2, 0) is 4.74 Å². The molecule has 4 rings (SSSR count). The van der Waals surface area contributed by atoms with E-state index in [0.717, 1.165) is 28.9 Å². The topological polar surface area (TPSA) is 96.5 Å². The van der Waals surface area contributed by atoms with Crippen LogP contribution in [0.25, 0.3) is 16.6 Å². The molecule has 0 amide bonds. The quantitative estimate of drug-likeness (QED) is 0.168. The van der Waals surface area contributed by atoms with Crippen LogP contribution in [0.1, 0.15) is 17.3 Å². The van der Waals surface area contributed by atoms with E-state index in [4.69, 9.17) is 32.7 Å². The Balaban J connectivity index is 1.84. The minimum atomic E-state index is -0.865. The highest BCUT2D eigenvalue weighted by atomic mass is 35.5. The van der Waals surface area contributed by atoms with Crippen LogP contribution in [0.15, 0.2) is 48.5 Å². The van der Waals surface area contributed by atoms with E-state index in [1.165, 1.54) is 24.3 Å². The third-order valence-electron chi connectivity index (χ3n) is 4.70. The maximum absolute atomic E-state index is 14.9. The molecule has 0 aliphatic rings. The lowest BCUT2D eigenvalue weighted by Gasteiger charge is -2.08. The van der Waals surface area contributed by atoms with Crippen LogP contribution in [0.3, 0.4) is 0 Å². The fourth-order valence-electron chi connectivity index (χ4n) is 3.21. The Morgan fingerprint density at radius 3 is 2.44 bits per heavy atom. The van der Waals surface area contributed by atoms with Gasteiger partial charge in [0.05, 0.1) is 32.5 Å². The van der Waals surface area contributed by atoms with Gasteiger partial charge in [0.15, 0.2) is 5.75 Å². The van der Waals surface area contributed by atoms with Gasteiger partial charge in [-0.2, -0.15) is 0 Å². The standard InChI is InChI=1S/C22H13Cl2F2N3O5/c1-2-33-22(30)11-6-7-18(17(26)8-11)28-19-13(4-3-5-16(19)25)21(27-28)34-20-14(23)9-12(29(31)32)10-15(20)24/h3-10H,2H2,1H3. The Morgan fingerprint density at radius 2 is 1.82 bits per heavy atom. The van der Waals surface area contributed by atoms with Crippen molar-refractivity contribution in [1.29, 1.82) is 0 Å².